The summed E-state index contributed by atoms with van der Waals surface area (Å²) in [5, 5.41) is 5.00. The van der Waals surface area contributed by atoms with Crippen LogP contribution in [0, 0.1) is 20.8 Å². The maximum atomic E-state index is 12.6. The molecule has 10 heteroatoms. The SMILES string of the molecule is Cc1nc2nc(SCC(=O)N3CCN(C(=O)c4ccco4)CC3)nn2c(C)c1C. The standard InChI is InChI=1S/C19H22N6O3S/c1-12-13(2)20-18-21-19(22-25(18)14(12)3)29-11-16(26)23-6-8-24(9-7-23)17(27)15-5-4-10-28-15/h4-5,10H,6-9,11H2,1-3H3. The van der Waals surface area contributed by atoms with Crippen molar-refractivity contribution in [2.75, 3.05) is 31.9 Å². The molecule has 0 radical (unpaired) electrons. The third-order valence-corrected chi connectivity index (χ3v) is 6.04. The number of aromatic nitrogens is 4. The lowest BCUT2D eigenvalue weighted by atomic mass is 10.2. The molecule has 1 saturated heterocycles. The largest absolute Gasteiger partial charge is 0.459 e. The lowest BCUT2D eigenvalue weighted by Crippen LogP contribution is -2.51. The van der Waals surface area contributed by atoms with Crippen LogP contribution in [-0.2, 0) is 4.79 Å². The molecule has 0 saturated carbocycles. The number of carbonyl (C=O) groups excluding carboxylic acids is 2. The number of aryl methyl sites for hydroxylation is 2. The molecule has 1 fully saturated rings. The van der Waals surface area contributed by atoms with Gasteiger partial charge in [-0.1, -0.05) is 11.8 Å². The molecule has 0 N–H and O–H groups in total. The molecule has 29 heavy (non-hydrogen) atoms. The first-order chi connectivity index (χ1) is 13.9. The zero-order chi connectivity index (χ0) is 20.5. The highest BCUT2D eigenvalue weighted by atomic mass is 32.2. The molecule has 0 aliphatic carbocycles. The van der Waals surface area contributed by atoms with Crippen LogP contribution in [0.15, 0.2) is 28.0 Å². The van der Waals surface area contributed by atoms with E-state index in [1.165, 1.54) is 18.0 Å². The Kier molecular flexibility index (Phi) is 5.27. The van der Waals surface area contributed by atoms with Crippen LogP contribution in [-0.4, -0.2) is 73.1 Å². The predicted octanol–water partition coefficient (Wildman–Crippen LogP) is 1.72. The average molecular weight is 414 g/mol. The van der Waals surface area contributed by atoms with Crippen molar-refractivity contribution in [3.8, 4) is 0 Å². The van der Waals surface area contributed by atoms with Crippen molar-refractivity contribution in [1.29, 1.82) is 0 Å². The molecule has 4 rings (SSSR count). The summed E-state index contributed by atoms with van der Waals surface area (Å²) in [5.74, 6) is 0.994. The average Bonchev–Trinajstić information content (AvgIpc) is 3.40. The Morgan fingerprint density at radius 2 is 1.83 bits per heavy atom. The maximum Gasteiger partial charge on any atom is 0.289 e. The number of amides is 2. The molecule has 1 aliphatic rings. The molecule has 9 nitrogen and oxygen atoms in total. The summed E-state index contributed by atoms with van der Waals surface area (Å²) in [7, 11) is 0. The third kappa shape index (κ3) is 3.84. The van der Waals surface area contributed by atoms with E-state index in [2.05, 4.69) is 15.1 Å². The summed E-state index contributed by atoms with van der Waals surface area (Å²) in [6, 6.07) is 3.34. The molecular formula is C19H22N6O3S. The normalized spacial score (nSPS) is 14.6. The van der Waals surface area contributed by atoms with E-state index in [-0.39, 0.29) is 17.6 Å². The molecule has 2 amide bonds. The van der Waals surface area contributed by atoms with Crippen LogP contribution >= 0.6 is 11.8 Å². The van der Waals surface area contributed by atoms with E-state index in [0.29, 0.717) is 42.9 Å². The van der Waals surface area contributed by atoms with Crippen LogP contribution in [0.4, 0.5) is 0 Å². The van der Waals surface area contributed by atoms with Crippen molar-refractivity contribution >= 4 is 29.4 Å². The lowest BCUT2D eigenvalue weighted by Gasteiger charge is -2.34. The zero-order valence-corrected chi connectivity index (χ0v) is 17.4. The summed E-state index contributed by atoms with van der Waals surface area (Å²) in [4.78, 5) is 37.2. The van der Waals surface area contributed by atoms with Gasteiger partial charge in [-0.15, -0.1) is 5.10 Å². The van der Waals surface area contributed by atoms with Gasteiger partial charge in [-0.2, -0.15) is 4.98 Å². The first kappa shape index (κ1) is 19.4. The number of hydrogen-bond donors (Lipinski definition) is 0. The number of fused-ring (bicyclic) bond motifs is 1. The number of nitrogens with zero attached hydrogens (tertiary/aromatic N) is 6. The molecule has 152 valence electrons. The molecule has 1 aliphatic heterocycles. The Balaban J connectivity index is 1.33. The van der Waals surface area contributed by atoms with Gasteiger partial charge in [0, 0.05) is 37.6 Å². The first-order valence-corrected chi connectivity index (χ1v) is 10.4. The van der Waals surface area contributed by atoms with Crippen LogP contribution in [0.25, 0.3) is 5.78 Å². The minimum Gasteiger partial charge on any atom is -0.459 e. The highest BCUT2D eigenvalue weighted by Gasteiger charge is 2.26. The molecule has 4 heterocycles. The lowest BCUT2D eigenvalue weighted by molar-refractivity contribution is -0.129. The van der Waals surface area contributed by atoms with Crippen LogP contribution in [0.2, 0.25) is 0 Å². The van der Waals surface area contributed by atoms with Crippen LogP contribution < -0.4 is 0 Å². The fourth-order valence-corrected chi connectivity index (χ4v) is 3.95. The molecule has 3 aromatic rings. The Bertz CT molecular complexity index is 1050. The fourth-order valence-electron chi connectivity index (χ4n) is 3.23. The Labute approximate surface area is 172 Å². The van der Waals surface area contributed by atoms with Crippen LogP contribution in [0.1, 0.15) is 27.5 Å². The minimum atomic E-state index is -0.140. The van der Waals surface area contributed by atoms with Gasteiger partial charge in [-0.05, 0) is 38.5 Å². The first-order valence-electron chi connectivity index (χ1n) is 9.38. The smallest absolute Gasteiger partial charge is 0.289 e. The molecule has 0 spiro atoms. The second kappa shape index (κ2) is 7.86. The van der Waals surface area contributed by atoms with Crippen molar-refractivity contribution < 1.29 is 14.0 Å². The summed E-state index contributed by atoms with van der Waals surface area (Å²) in [6.07, 6.45) is 1.48. The number of furan rings is 1. The van der Waals surface area contributed by atoms with E-state index in [1.54, 1.807) is 26.4 Å². The zero-order valence-electron chi connectivity index (χ0n) is 16.6. The van der Waals surface area contributed by atoms with Gasteiger partial charge in [0.05, 0.1) is 12.0 Å². The minimum absolute atomic E-state index is 0.0102. The van der Waals surface area contributed by atoms with Gasteiger partial charge >= 0.3 is 0 Å². The quantitative estimate of drug-likeness (QED) is 0.600. The topological polar surface area (TPSA) is 96.8 Å². The highest BCUT2D eigenvalue weighted by molar-refractivity contribution is 7.99. The second-order valence-electron chi connectivity index (χ2n) is 6.95. The summed E-state index contributed by atoms with van der Waals surface area (Å²) < 4.78 is 6.88. The van der Waals surface area contributed by atoms with Crippen molar-refractivity contribution in [2.45, 2.75) is 25.9 Å². The van der Waals surface area contributed by atoms with Gasteiger partial charge in [0.1, 0.15) is 0 Å². The number of carbonyl (C=O) groups is 2. The van der Waals surface area contributed by atoms with Gasteiger partial charge in [-0.25, -0.2) is 9.50 Å². The maximum absolute atomic E-state index is 12.6. The third-order valence-electron chi connectivity index (χ3n) is 5.22. The molecular weight excluding hydrogens is 392 g/mol. The van der Waals surface area contributed by atoms with Crippen molar-refractivity contribution in [3.05, 3.63) is 41.1 Å². The molecule has 0 atom stereocenters. The fraction of sp³-hybridized carbons (Fsp3) is 0.421. The Morgan fingerprint density at radius 3 is 2.52 bits per heavy atom. The van der Waals surface area contributed by atoms with Crippen LogP contribution in [0.3, 0.4) is 0 Å². The Morgan fingerprint density at radius 1 is 1.10 bits per heavy atom. The van der Waals surface area contributed by atoms with E-state index in [4.69, 9.17) is 4.42 Å². The summed E-state index contributed by atoms with van der Waals surface area (Å²) in [5.41, 5.74) is 3.00. The van der Waals surface area contributed by atoms with E-state index in [9.17, 15) is 9.59 Å². The van der Waals surface area contributed by atoms with E-state index in [0.717, 1.165) is 17.0 Å². The summed E-state index contributed by atoms with van der Waals surface area (Å²) >= 11 is 1.30. The number of rotatable bonds is 4. The molecule has 3 aromatic heterocycles. The van der Waals surface area contributed by atoms with E-state index >= 15 is 0 Å². The van der Waals surface area contributed by atoms with Crippen LogP contribution in [0.5, 0.6) is 0 Å². The van der Waals surface area contributed by atoms with Crippen molar-refractivity contribution in [3.63, 3.8) is 0 Å². The highest BCUT2D eigenvalue weighted by Crippen LogP contribution is 2.18. The van der Waals surface area contributed by atoms with Gasteiger partial charge < -0.3 is 14.2 Å². The van der Waals surface area contributed by atoms with Gasteiger partial charge in [0.25, 0.3) is 11.7 Å². The van der Waals surface area contributed by atoms with Gasteiger partial charge in [0.2, 0.25) is 11.1 Å². The summed E-state index contributed by atoms with van der Waals surface area (Å²) in [6.45, 7) is 7.92. The monoisotopic (exact) mass is 414 g/mol. The van der Waals surface area contributed by atoms with Crippen molar-refractivity contribution in [2.24, 2.45) is 0 Å². The Hall–Kier alpha value is -2.88. The molecule has 0 aromatic carbocycles. The second-order valence-corrected chi connectivity index (χ2v) is 7.90. The van der Waals surface area contributed by atoms with Gasteiger partial charge in [0.15, 0.2) is 5.76 Å². The molecule has 0 unspecified atom stereocenters. The number of piperazine rings is 1. The number of hydrogen-bond acceptors (Lipinski definition) is 7. The molecule has 0 bridgehead atoms. The number of thioether (sulfide) groups is 1. The van der Waals surface area contributed by atoms with E-state index in [1.807, 2.05) is 20.8 Å². The predicted molar refractivity (Wildman–Crippen MR) is 107 cm³/mol. The van der Waals surface area contributed by atoms with Crippen molar-refractivity contribution in [1.82, 2.24) is 29.4 Å². The van der Waals surface area contributed by atoms with Gasteiger partial charge in [-0.3, -0.25) is 9.59 Å². The van der Waals surface area contributed by atoms with E-state index < -0.39 is 0 Å².